The molecule has 3 aromatic rings. The molecule has 27 heavy (non-hydrogen) atoms. The molecule has 3 rings (SSSR count). The lowest BCUT2D eigenvalue weighted by atomic mass is 10.1. The summed E-state index contributed by atoms with van der Waals surface area (Å²) in [6, 6.07) is 14.4. The molecule has 7 nitrogen and oxygen atoms in total. The maximum atomic E-state index is 12.3. The molecule has 8 heteroatoms. The van der Waals surface area contributed by atoms with Crippen LogP contribution in [0.3, 0.4) is 0 Å². The number of ether oxygens (including phenoxy) is 1. The first-order chi connectivity index (χ1) is 13.1. The van der Waals surface area contributed by atoms with Gasteiger partial charge in [-0.3, -0.25) is 14.2 Å². The van der Waals surface area contributed by atoms with Gasteiger partial charge in [-0.1, -0.05) is 23.9 Å². The number of carbonyl (C=O) groups is 2. The lowest BCUT2D eigenvalue weighted by molar-refractivity contribution is -0.113. The molecule has 0 saturated carbocycles. The van der Waals surface area contributed by atoms with Gasteiger partial charge in [0.25, 0.3) is 0 Å². The van der Waals surface area contributed by atoms with Crippen molar-refractivity contribution in [2.24, 2.45) is 0 Å². The van der Waals surface area contributed by atoms with Crippen molar-refractivity contribution in [3.8, 4) is 11.4 Å². The molecule has 0 spiro atoms. The first-order valence-electron chi connectivity index (χ1n) is 8.15. The number of anilines is 1. The van der Waals surface area contributed by atoms with Crippen LogP contribution in [0, 0.1) is 0 Å². The number of aromatic nitrogens is 3. The number of amides is 1. The van der Waals surface area contributed by atoms with Crippen molar-refractivity contribution in [1.29, 1.82) is 0 Å². The second-order valence-corrected chi connectivity index (χ2v) is 6.56. The van der Waals surface area contributed by atoms with E-state index in [1.54, 1.807) is 42.3 Å². The number of hydrogen-bond donors (Lipinski definition) is 1. The Kier molecular flexibility index (Phi) is 5.87. The van der Waals surface area contributed by atoms with Crippen LogP contribution in [0.5, 0.6) is 5.75 Å². The van der Waals surface area contributed by atoms with E-state index in [-0.39, 0.29) is 17.4 Å². The van der Waals surface area contributed by atoms with Crippen molar-refractivity contribution in [3.05, 3.63) is 60.4 Å². The van der Waals surface area contributed by atoms with Gasteiger partial charge in [-0.2, -0.15) is 0 Å². The maximum Gasteiger partial charge on any atom is 0.234 e. The number of carbonyl (C=O) groups excluding carboxylic acids is 2. The number of Topliss-reactive ketones (excluding diaryl/α,β-unsaturated/α-hetero) is 1. The summed E-state index contributed by atoms with van der Waals surface area (Å²) in [5.74, 6) is 0.571. The van der Waals surface area contributed by atoms with Crippen LogP contribution in [0.25, 0.3) is 5.69 Å². The third kappa shape index (κ3) is 4.53. The topological polar surface area (TPSA) is 86.1 Å². The predicted molar refractivity (Wildman–Crippen MR) is 104 cm³/mol. The SMILES string of the molecule is COc1ccc(-n2cnnc2SCC(=O)Nc2ccccc2C(C)=O)cc1. The zero-order chi connectivity index (χ0) is 19.2. The number of rotatable bonds is 7. The highest BCUT2D eigenvalue weighted by molar-refractivity contribution is 7.99. The zero-order valence-electron chi connectivity index (χ0n) is 14.9. The van der Waals surface area contributed by atoms with Crippen LogP contribution < -0.4 is 10.1 Å². The highest BCUT2D eigenvalue weighted by Gasteiger charge is 2.13. The van der Waals surface area contributed by atoms with Crippen LogP contribution in [0.1, 0.15) is 17.3 Å². The van der Waals surface area contributed by atoms with Gasteiger partial charge in [-0.05, 0) is 43.3 Å². The molecule has 1 aromatic heterocycles. The van der Waals surface area contributed by atoms with E-state index in [1.807, 2.05) is 24.3 Å². The van der Waals surface area contributed by atoms with Gasteiger partial charge < -0.3 is 10.1 Å². The van der Waals surface area contributed by atoms with Crippen LogP contribution >= 0.6 is 11.8 Å². The van der Waals surface area contributed by atoms with Crippen LogP contribution in [0.15, 0.2) is 60.0 Å². The maximum absolute atomic E-state index is 12.3. The van der Waals surface area contributed by atoms with E-state index in [0.29, 0.717) is 16.4 Å². The number of nitrogens with one attached hydrogen (secondary N) is 1. The number of benzene rings is 2. The standard InChI is InChI=1S/C19H18N4O3S/c1-13(24)16-5-3-4-6-17(16)21-18(25)11-27-19-22-20-12-23(19)14-7-9-15(26-2)10-8-14/h3-10,12H,11H2,1-2H3,(H,21,25). The van der Waals surface area contributed by atoms with E-state index in [2.05, 4.69) is 15.5 Å². The molecule has 0 aliphatic heterocycles. The quantitative estimate of drug-likeness (QED) is 0.499. The Balaban J connectivity index is 1.66. The zero-order valence-corrected chi connectivity index (χ0v) is 15.7. The lowest BCUT2D eigenvalue weighted by Crippen LogP contribution is -2.16. The molecule has 0 unspecified atom stereocenters. The first-order valence-corrected chi connectivity index (χ1v) is 9.14. The van der Waals surface area contributed by atoms with Crippen LogP contribution in [0.4, 0.5) is 5.69 Å². The smallest absolute Gasteiger partial charge is 0.234 e. The Bertz CT molecular complexity index is 954. The number of methoxy groups -OCH3 is 1. The third-order valence-electron chi connectivity index (χ3n) is 3.78. The fraction of sp³-hybridized carbons (Fsp3) is 0.158. The van der Waals surface area contributed by atoms with E-state index in [4.69, 9.17) is 4.74 Å². The largest absolute Gasteiger partial charge is 0.497 e. The Morgan fingerprint density at radius 2 is 1.89 bits per heavy atom. The van der Waals surface area contributed by atoms with Crippen LogP contribution in [-0.2, 0) is 4.79 Å². The van der Waals surface area contributed by atoms with Crippen LogP contribution in [0.2, 0.25) is 0 Å². The highest BCUT2D eigenvalue weighted by atomic mass is 32.2. The van der Waals surface area contributed by atoms with E-state index in [1.165, 1.54) is 18.7 Å². The van der Waals surface area contributed by atoms with Gasteiger partial charge in [-0.25, -0.2) is 0 Å². The summed E-state index contributed by atoms with van der Waals surface area (Å²) >= 11 is 1.26. The van der Waals surface area contributed by atoms with Crippen molar-refractivity contribution in [2.75, 3.05) is 18.2 Å². The fourth-order valence-electron chi connectivity index (χ4n) is 2.46. The minimum Gasteiger partial charge on any atom is -0.497 e. The normalized spacial score (nSPS) is 10.4. The van der Waals surface area contributed by atoms with E-state index in [0.717, 1.165) is 11.4 Å². The average molecular weight is 382 g/mol. The summed E-state index contributed by atoms with van der Waals surface area (Å²) in [6.45, 7) is 1.47. The highest BCUT2D eigenvalue weighted by Crippen LogP contribution is 2.22. The van der Waals surface area contributed by atoms with Gasteiger partial charge in [0, 0.05) is 11.3 Å². The Morgan fingerprint density at radius 3 is 2.59 bits per heavy atom. The Hall–Kier alpha value is -3.13. The first kappa shape index (κ1) is 18.7. The molecular weight excluding hydrogens is 364 g/mol. The van der Waals surface area contributed by atoms with Gasteiger partial charge in [-0.15, -0.1) is 10.2 Å². The molecule has 0 saturated heterocycles. The van der Waals surface area contributed by atoms with Crippen molar-refractivity contribution < 1.29 is 14.3 Å². The van der Waals surface area contributed by atoms with Gasteiger partial charge in [0.05, 0.1) is 18.6 Å². The summed E-state index contributed by atoms with van der Waals surface area (Å²) in [7, 11) is 1.61. The molecule has 1 heterocycles. The lowest BCUT2D eigenvalue weighted by Gasteiger charge is -2.09. The predicted octanol–water partition coefficient (Wildman–Crippen LogP) is 3.21. The molecule has 2 aromatic carbocycles. The number of thioether (sulfide) groups is 1. The number of nitrogens with zero attached hydrogens (tertiary/aromatic N) is 3. The summed E-state index contributed by atoms with van der Waals surface area (Å²) in [5.41, 5.74) is 1.86. The molecule has 0 aliphatic carbocycles. The van der Waals surface area contributed by atoms with E-state index < -0.39 is 0 Å². The monoisotopic (exact) mass is 382 g/mol. The average Bonchev–Trinajstić information content (AvgIpc) is 3.15. The number of para-hydroxylation sites is 1. The van der Waals surface area contributed by atoms with E-state index in [9.17, 15) is 9.59 Å². The van der Waals surface area contributed by atoms with Gasteiger partial charge >= 0.3 is 0 Å². The van der Waals surface area contributed by atoms with Crippen molar-refractivity contribution in [3.63, 3.8) is 0 Å². The summed E-state index contributed by atoms with van der Waals surface area (Å²) in [5, 5.41) is 11.4. The fourth-order valence-corrected chi connectivity index (χ4v) is 3.19. The van der Waals surface area contributed by atoms with Gasteiger partial charge in [0.1, 0.15) is 12.1 Å². The van der Waals surface area contributed by atoms with Crippen molar-refractivity contribution in [1.82, 2.24) is 14.8 Å². The molecule has 1 N–H and O–H groups in total. The summed E-state index contributed by atoms with van der Waals surface area (Å²) in [6.07, 6.45) is 1.59. The minimum atomic E-state index is -0.224. The molecular formula is C19H18N4O3S. The van der Waals surface area contributed by atoms with Gasteiger partial charge in [0.2, 0.25) is 5.91 Å². The second kappa shape index (κ2) is 8.50. The molecule has 1 amide bonds. The molecule has 0 atom stereocenters. The summed E-state index contributed by atoms with van der Waals surface area (Å²) < 4.78 is 6.95. The second-order valence-electron chi connectivity index (χ2n) is 5.62. The van der Waals surface area contributed by atoms with Crippen molar-refractivity contribution >= 4 is 29.1 Å². The third-order valence-corrected chi connectivity index (χ3v) is 4.72. The molecule has 0 fully saturated rings. The Labute approximate surface area is 160 Å². The molecule has 0 aliphatic rings. The molecule has 0 radical (unpaired) electrons. The van der Waals surface area contributed by atoms with Crippen molar-refractivity contribution in [2.45, 2.75) is 12.1 Å². The summed E-state index contributed by atoms with van der Waals surface area (Å²) in [4.78, 5) is 23.9. The molecule has 138 valence electrons. The van der Waals surface area contributed by atoms with Gasteiger partial charge in [0.15, 0.2) is 10.9 Å². The molecule has 0 bridgehead atoms. The number of hydrogen-bond acceptors (Lipinski definition) is 6. The van der Waals surface area contributed by atoms with E-state index >= 15 is 0 Å². The number of ketones is 1. The van der Waals surface area contributed by atoms with Crippen LogP contribution in [-0.4, -0.2) is 39.3 Å². The Morgan fingerprint density at radius 1 is 1.15 bits per heavy atom. The minimum absolute atomic E-state index is 0.0993.